The Hall–Kier alpha value is -1.09. The molecular formula is C17H27FN2. The Morgan fingerprint density at radius 3 is 2.70 bits per heavy atom. The van der Waals surface area contributed by atoms with Crippen molar-refractivity contribution in [3.05, 3.63) is 29.6 Å². The Kier molecular flexibility index (Phi) is 5.03. The average Bonchev–Trinajstić information content (AvgIpc) is 2.41. The summed E-state index contributed by atoms with van der Waals surface area (Å²) in [5, 5.41) is 3.23. The normalized spacial score (nSPS) is 26.9. The van der Waals surface area contributed by atoms with E-state index in [9.17, 15) is 4.39 Å². The standard InChI is InChI=1S/C17H27FN2/c1-5-19-10-15-6-7-17(16(18)9-15)20-11-12(2)8-13(3)14(20)4/h6-7,9,12-14,19H,5,8,10-11H2,1-4H3. The van der Waals surface area contributed by atoms with Crippen LogP contribution in [0.5, 0.6) is 0 Å². The molecule has 1 saturated heterocycles. The maximum Gasteiger partial charge on any atom is 0.146 e. The third-order valence-corrected chi connectivity index (χ3v) is 4.50. The Morgan fingerprint density at radius 2 is 2.05 bits per heavy atom. The molecule has 0 aliphatic carbocycles. The van der Waals surface area contributed by atoms with Crippen LogP contribution in [0.25, 0.3) is 0 Å². The molecular weight excluding hydrogens is 251 g/mol. The lowest BCUT2D eigenvalue weighted by atomic mass is 9.85. The van der Waals surface area contributed by atoms with Gasteiger partial charge in [0.15, 0.2) is 0 Å². The molecule has 0 bridgehead atoms. The van der Waals surface area contributed by atoms with E-state index >= 15 is 0 Å². The highest BCUT2D eigenvalue weighted by molar-refractivity contribution is 5.50. The summed E-state index contributed by atoms with van der Waals surface area (Å²) in [6.45, 7) is 11.4. The van der Waals surface area contributed by atoms with E-state index < -0.39 is 0 Å². The predicted molar refractivity (Wildman–Crippen MR) is 83.5 cm³/mol. The first-order valence-corrected chi connectivity index (χ1v) is 7.78. The fraction of sp³-hybridized carbons (Fsp3) is 0.647. The van der Waals surface area contributed by atoms with Crippen LogP contribution in [0.4, 0.5) is 10.1 Å². The second kappa shape index (κ2) is 6.57. The lowest BCUT2D eigenvalue weighted by molar-refractivity contribution is 0.295. The van der Waals surface area contributed by atoms with Gasteiger partial charge in [-0.3, -0.25) is 0 Å². The van der Waals surface area contributed by atoms with Gasteiger partial charge in [-0.05, 0) is 49.4 Å². The van der Waals surface area contributed by atoms with Crippen molar-refractivity contribution in [2.45, 2.75) is 46.7 Å². The molecule has 2 rings (SSSR count). The SMILES string of the molecule is CCNCc1ccc(N2CC(C)CC(C)C2C)c(F)c1. The summed E-state index contributed by atoms with van der Waals surface area (Å²) in [5.74, 6) is 1.15. The van der Waals surface area contributed by atoms with Gasteiger partial charge < -0.3 is 10.2 Å². The molecule has 1 aliphatic heterocycles. The van der Waals surface area contributed by atoms with Crippen LogP contribution in [0, 0.1) is 17.7 Å². The lowest BCUT2D eigenvalue weighted by Crippen LogP contribution is -2.46. The summed E-state index contributed by atoms with van der Waals surface area (Å²) in [6, 6.07) is 6.07. The highest BCUT2D eigenvalue weighted by Crippen LogP contribution is 2.32. The summed E-state index contributed by atoms with van der Waals surface area (Å²) >= 11 is 0. The number of nitrogens with zero attached hydrogens (tertiary/aromatic N) is 1. The molecule has 1 fully saturated rings. The van der Waals surface area contributed by atoms with Crippen LogP contribution in [0.3, 0.4) is 0 Å². The van der Waals surface area contributed by atoms with Crippen molar-refractivity contribution in [2.75, 3.05) is 18.0 Å². The number of nitrogens with one attached hydrogen (secondary N) is 1. The van der Waals surface area contributed by atoms with Gasteiger partial charge in [0.05, 0.1) is 5.69 Å². The number of piperidine rings is 1. The van der Waals surface area contributed by atoms with Crippen molar-refractivity contribution in [3.63, 3.8) is 0 Å². The molecule has 112 valence electrons. The Morgan fingerprint density at radius 1 is 1.30 bits per heavy atom. The molecule has 3 atom stereocenters. The molecule has 1 aliphatic rings. The number of halogens is 1. The van der Waals surface area contributed by atoms with Crippen molar-refractivity contribution < 1.29 is 4.39 Å². The van der Waals surface area contributed by atoms with Crippen LogP contribution in [0.1, 0.15) is 39.7 Å². The quantitative estimate of drug-likeness (QED) is 0.901. The summed E-state index contributed by atoms with van der Waals surface area (Å²) in [5.41, 5.74) is 1.77. The summed E-state index contributed by atoms with van der Waals surface area (Å²) in [7, 11) is 0. The minimum Gasteiger partial charge on any atom is -0.366 e. The van der Waals surface area contributed by atoms with Gasteiger partial charge in [0.2, 0.25) is 0 Å². The van der Waals surface area contributed by atoms with Crippen molar-refractivity contribution >= 4 is 5.69 Å². The van der Waals surface area contributed by atoms with Crippen LogP contribution in [-0.2, 0) is 6.54 Å². The van der Waals surface area contributed by atoms with Crippen LogP contribution >= 0.6 is 0 Å². The minimum absolute atomic E-state index is 0.0893. The number of anilines is 1. The molecule has 0 amide bonds. The van der Waals surface area contributed by atoms with E-state index in [1.165, 1.54) is 6.42 Å². The molecule has 1 aromatic carbocycles. The first kappa shape index (κ1) is 15.3. The highest BCUT2D eigenvalue weighted by atomic mass is 19.1. The molecule has 1 N–H and O–H groups in total. The van der Waals surface area contributed by atoms with Gasteiger partial charge in [-0.1, -0.05) is 26.8 Å². The lowest BCUT2D eigenvalue weighted by Gasteiger charge is -2.42. The molecule has 0 radical (unpaired) electrons. The van der Waals surface area contributed by atoms with E-state index in [4.69, 9.17) is 0 Å². The summed E-state index contributed by atoms with van der Waals surface area (Å²) < 4.78 is 14.4. The molecule has 1 aromatic rings. The molecule has 3 unspecified atom stereocenters. The molecule has 0 spiro atoms. The number of hydrogen-bond acceptors (Lipinski definition) is 2. The third-order valence-electron chi connectivity index (χ3n) is 4.50. The van der Waals surface area contributed by atoms with E-state index in [0.29, 0.717) is 17.9 Å². The fourth-order valence-corrected chi connectivity index (χ4v) is 3.20. The van der Waals surface area contributed by atoms with Crippen molar-refractivity contribution in [1.82, 2.24) is 5.32 Å². The fourth-order valence-electron chi connectivity index (χ4n) is 3.20. The van der Waals surface area contributed by atoms with Gasteiger partial charge in [-0.25, -0.2) is 4.39 Å². The topological polar surface area (TPSA) is 15.3 Å². The van der Waals surface area contributed by atoms with Crippen molar-refractivity contribution in [1.29, 1.82) is 0 Å². The molecule has 2 nitrogen and oxygen atoms in total. The Labute approximate surface area is 122 Å². The molecule has 0 aromatic heterocycles. The van der Waals surface area contributed by atoms with E-state index in [2.05, 4.69) is 37.9 Å². The molecule has 3 heteroatoms. The number of benzene rings is 1. The van der Waals surface area contributed by atoms with Gasteiger partial charge in [0.1, 0.15) is 5.82 Å². The maximum absolute atomic E-state index is 14.4. The second-order valence-electron chi connectivity index (χ2n) is 6.28. The van der Waals surface area contributed by atoms with Crippen LogP contribution in [0.15, 0.2) is 18.2 Å². The zero-order chi connectivity index (χ0) is 14.7. The minimum atomic E-state index is -0.0893. The van der Waals surface area contributed by atoms with Crippen LogP contribution < -0.4 is 10.2 Å². The first-order valence-electron chi connectivity index (χ1n) is 7.78. The zero-order valence-electron chi connectivity index (χ0n) is 13.1. The smallest absolute Gasteiger partial charge is 0.146 e. The summed E-state index contributed by atoms with van der Waals surface area (Å²) in [4.78, 5) is 2.24. The molecule has 1 heterocycles. The monoisotopic (exact) mass is 278 g/mol. The Bertz CT molecular complexity index is 447. The van der Waals surface area contributed by atoms with Gasteiger partial charge >= 0.3 is 0 Å². The van der Waals surface area contributed by atoms with Crippen LogP contribution in [-0.4, -0.2) is 19.1 Å². The number of hydrogen-bond donors (Lipinski definition) is 1. The van der Waals surface area contributed by atoms with Gasteiger partial charge in [-0.15, -0.1) is 0 Å². The zero-order valence-corrected chi connectivity index (χ0v) is 13.1. The van der Waals surface area contributed by atoms with E-state index in [0.717, 1.165) is 30.9 Å². The van der Waals surface area contributed by atoms with E-state index in [1.807, 2.05) is 12.1 Å². The maximum atomic E-state index is 14.4. The predicted octanol–water partition coefficient (Wildman–Crippen LogP) is 3.81. The Balaban J connectivity index is 2.19. The third kappa shape index (κ3) is 3.32. The molecule has 20 heavy (non-hydrogen) atoms. The largest absolute Gasteiger partial charge is 0.366 e. The first-order chi connectivity index (χ1) is 9.52. The highest BCUT2D eigenvalue weighted by Gasteiger charge is 2.30. The number of rotatable bonds is 4. The molecule has 0 saturated carbocycles. The average molecular weight is 278 g/mol. The van der Waals surface area contributed by atoms with Gasteiger partial charge in [0, 0.05) is 19.1 Å². The second-order valence-corrected chi connectivity index (χ2v) is 6.28. The van der Waals surface area contributed by atoms with Gasteiger partial charge in [-0.2, -0.15) is 0 Å². The van der Waals surface area contributed by atoms with Crippen molar-refractivity contribution in [3.8, 4) is 0 Å². The van der Waals surface area contributed by atoms with Crippen LogP contribution in [0.2, 0.25) is 0 Å². The summed E-state index contributed by atoms with van der Waals surface area (Å²) in [6.07, 6.45) is 1.23. The van der Waals surface area contributed by atoms with Crippen molar-refractivity contribution in [2.24, 2.45) is 11.8 Å². The van der Waals surface area contributed by atoms with Gasteiger partial charge in [0.25, 0.3) is 0 Å². The van der Waals surface area contributed by atoms with E-state index in [-0.39, 0.29) is 5.82 Å². The van der Waals surface area contributed by atoms with E-state index in [1.54, 1.807) is 6.07 Å².